The van der Waals surface area contributed by atoms with Crippen LogP contribution >= 0.6 is 0 Å². The molecule has 0 amide bonds. The number of aliphatic hydroxyl groups is 2. The highest BCUT2D eigenvalue weighted by molar-refractivity contribution is 5.92. The summed E-state index contributed by atoms with van der Waals surface area (Å²) in [6.07, 6.45) is 12.2. The van der Waals surface area contributed by atoms with E-state index < -0.39 is 5.79 Å². The lowest BCUT2D eigenvalue weighted by molar-refractivity contribution is -0.216. The van der Waals surface area contributed by atoms with Crippen molar-refractivity contribution in [1.29, 1.82) is 0 Å². The summed E-state index contributed by atoms with van der Waals surface area (Å²) in [5.74, 6) is 0.257. The quantitative estimate of drug-likeness (QED) is 0.722. The van der Waals surface area contributed by atoms with E-state index in [-0.39, 0.29) is 22.5 Å². The molecule has 132 valence electrons. The Bertz CT molecular complexity index is 625. The predicted octanol–water partition coefficient (Wildman–Crippen LogP) is 3.61. The van der Waals surface area contributed by atoms with Crippen molar-refractivity contribution in [3.63, 3.8) is 0 Å². The number of fused-ring (bicyclic) bond motifs is 5. The largest absolute Gasteiger partial charge is 0.366 e. The molecule has 0 aromatic rings. The third-order valence-electron chi connectivity index (χ3n) is 8.18. The molecule has 6 atom stereocenters. The molecule has 4 rings (SSSR count). The van der Waals surface area contributed by atoms with Crippen molar-refractivity contribution in [2.24, 2.45) is 34.5 Å². The third kappa shape index (κ3) is 2.13. The normalized spacial score (nSPS) is 47.7. The first-order chi connectivity index (χ1) is 11.2. The first-order valence-corrected chi connectivity index (χ1v) is 9.54. The summed E-state index contributed by atoms with van der Waals surface area (Å²) in [5.41, 5.74) is 1.35. The molecule has 4 aliphatic rings. The number of hydrogen-bond acceptors (Lipinski definition) is 3. The topological polar surface area (TPSA) is 57.5 Å². The lowest BCUT2D eigenvalue weighted by Gasteiger charge is -2.56. The second kappa shape index (κ2) is 5.04. The van der Waals surface area contributed by atoms with Gasteiger partial charge in [-0.05, 0) is 79.3 Å². The molecule has 0 aromatic carbocycles. The first kappa shape index (κ1) is 16.5. The molecule has 0 radical (unpaired) electrons. The molecule has 0 spiro atoms. The van der Waals surface area contributed by atoms with Crippen molar-refractivity contribution in [3.8, 4) is 0 Å². The summed E-state index contributed by atoms with van der Waals surface area (Å²) in [6.45, 7) is 6.19. The van der Waals surface area contributed by atoms with Crippen LogP contribution in [0, 0.1) is 34.5 Å². The standard InChI is InChI=1S/C21H30O3/c1-19-10-8-14(22)12-13(19)4-5-15-16-6-7-18(21(3,23)24)20(16,2)11-9-17(15)19/h4-5,12,15-18,23-24H,6-11H2,1-3H3/t15-,16-,17-,18-,19-,20-/m0/s1. The fourth-order valence-electron chi connectivity index (χ4n) is 6.90. The van der Waals surface area contributed by atoms with E-state index in [4.69, 9.17) is 0 Å². The van der Waals surface area contributed by atoms with Gasteiger partial charge in [-0.2, -0.15) is 0 Å². The van der Waals surface area contributed by atoms with Crippen molar-refractivity contribution >= 4 is 5.78 Å². The van der Waals surface area contributed by atoms with E-state index >= 15 is 0 Å². The van der Waals surface area contributed by atoms with Gasteiger partial charge >= 0.3 is 0 Å². The van der Waals surface area contributed by atoms with Crippen molar-refractivity contribution < 1.29 is 15.0 Å². The van der Waals surface area contributed by atoms with Crippen LogP contribution in [0.25, 0.3) is 0 Å². The Labute approximate surface area is 144 Å². The summed E-state index contributed by atoms with van der Waals surface area (Å²) in [4.78, 5) is 11.8. The molecule has 3 nitrogen and oxygen atoms in total. The van der Waals surface area contributed by atoms with Crippen LogP contribution in [0.15, 0.2) is 23.8 Å². The molecule has 24 heavy (non-hydrogen) atoms. The average molecular weight is 330 g/mol. The monoisotopic (exact) mass is 330 g/mol. The molecule has 2 N–H and O–H groups in total. The summed E-state index contributed by atoms with van der Waals surface area (Å²) in [5, 5.41) is 20.6. The molecule has 3 heteroatoms. The maximum Gasteiger partial charge on any atom is 0.163 e. The van der Waals surface area contributed by atoms with Gasteiger partial charge in [-0.3, -0.25) is 4.79 Å². The second-order valence-corrected chi connectivity index (χ2v) is 9.40. The van der Waals surface area contributed by atoms with Crippen molar-refractivity contribution in [1.82, 2.24) is 0 Å². The van der Waals surface area contributed by atoms with E-state index in [1.165, 1.54) is 5.57 Å². The highest BCUT2D eigenvalue weighted by Crippen LogP contribution is 2.66. The zero-order valence-corrected chi connectivity index (χ0v) is 15.1. The van der Waals surface area contributed by atoms with Gasteiger partial charge in [0, 0.05) is 12.3 Å². The first-order valence-electron chi connectivity index (χ1n) is 9.54. The van der Waals surface area contributed by atoms with E-state index in [1.54, 1.807) is 6.92 Å². The van der Waals surface area contributed by atoms with Gasteiger partial charge < -0.3 is 10.2 Å². The summed E-state index contributed by atoms with van der Waals surface area (Å²) in [7, 11) is 0. The summed E-state index contributed by atoms with van der Waals surface area (Å²) >= 11 is 0. The van der Waals surface area contributed by atoms with Gasteiger partial charge in [0.2, 0.25) is 0 Å². The second-order valence-electron chi connectivity index (χ2n) is 9.40. The van der Waals surface area contributed by atoms with E-state index in [9.17, 15) is 15.0 Å². The van der Waals surface area contributed by atoms with Gasteiger partial charge in [0.15, 0.2) is 11.6 Å². The van der Waals surface area contributed by atoms with Crippen LogP contribution in [0.1, 0.15) is 59.3 Å². The molecule has 0 bridgehead atoms. The zero-order chi connectivity index (χ0) is 17.3. The SMILES string of the molecule is CC(O)(O)[C@H]1CC[C@H]2[C@@H]3C=CC4=CC(=O)CC[C@]4(C)[C@H]3CC[C@]12C. The average Bonchev–Trinajstić information content (AvgIpc) is 2.85. The highest BCUT2D eigenvalue weighted by atomic mass is 16.5. The van der Waals surface area contributed by atoms with Crippen LogP contribution in [0.5, 0.6) is 0 Å². The lowest BCUT2D eigenvalue weighted by atomic mass is 9.48. The maximum atomic E-state index is 11.8. The molecular weight excluding hydrogens is 300 g/mol. The van der Waals surface area contributed by atoms with Crippen LogP contribution in [0.2, 0.25) is 0 Å². The van der Waals surface area contributed by atoms with Crippen LogP contribution in [-0.2, 0) is 4.79 Å². The molecule has 2 saturated carbocycles. The minimum atomic E-state index is -1.58. The maximum absolute atomic E-state index is 11.8. The van der Waals surface area contributed by atoms with E-state index in [0.29, 0.717) is 24.2 Å². The minimum Gasteiger partial charge on any atom is -0.366 e. The number of carbonyl (C=O) groups excluding carboxylic acids is 1. The zero-order valence-electron chi connectivity index (χ0n) is 15.1. The number of ketones is 1. The lowest BCUT2D eigenvalue weighted by Crippen LogP contribution is -2.52. The van der Waals surface area contributed by atoms with Crippen molar-refractivity contribution in [3.05, 3.63) is 23.8 Å². The van der Waals surface area contributed by atoms with Gasteiger partial charge in [0.25, 0.3) is 0 Å². The Balaban J connectivity index is 1.71. The molecule has 0 saturated heterocycles. The fraction of sp³-hybridized carbons (Fsp3) is 0.762. The Kier molecular flexibility index (Phi) is 3.48. The van der Waals surface area contributed by atoms with Gasteiger partial charge in [-0.25, -0.2) is 0 Å². The van der Waals surface area contributed by atoms with Gasteiger partial charge in [-0.1, -0.05) is 26.0 Å². The van der Waals surface area contributed by atoms with E-state index in [0.717, 1.165) is 32.1 Å². The Morgan fingerprint density at radius 2 is 1.88 bits per heavy atom. The Morgan fingerprint density at radius 1 is 1.12 bits per heavy atom. The molecule has 2 fully saturated rings. The number of carbonyl (C=O) groups is 1. The number of rotatable bonds is 1. The van der Waals surface area contributed by atoms with Gasteiger partial charge in [0.05, 0.1) is 0 Å². The van der Waals surface area contributed by atoms with Crippen LogP contribution < -0.4 is 0 Å². The van der Waals surface area contributed by atoms with Gasteiger partial charge in [0.1, 0.15) is 0 Å². The fourth-order valence-corrected chi connectivity index (χ4v) is 6.90. The van der Waals surface area contributed by atoms with Crippen LogP contribution in [-0.4, -0.2) is 21.8 Å². The number of allylic oxidation sites excluding steroid dienone is 4. The van der Waals surface area contributed by atoms with E-state index in [2.05, 4.69) is 26.0 Å². The highest BCUT2D eigenvalue weighted by Gasteiger charge is 2.60. The molecule has 0 aromatic heterocycles. The molecule has 4 aliphatic carbocycles. The minimum absolute atomic E-state index is 0.00577. The van der Waals surface area contributed by atoms with Crippen molar-refractivity contribution in [2.45, 2.75) is 65.1 Å². The smallest absolute Gasteiger partial charge is 0.163 e. The molecular formula is C21H30O3. The predicted molar refractivity (Wildman–Crippen MR) is 92.9 cm³/mol. The van der Waals surface area contributed by atoms with E-state index in [1.807, 2.05) is 6.08 Å². The molecule has 0 heterocycles. The summed E-state index contributed by atoms with van der Waals surface area (Å²) in [6, 6.07) is 0. The van der Waals surface area contributed by atoms with Crippen LogP contribution in [0.3, 0.4) is 0 Å². The van der Waals surface area contributed by atoms with Gasteiger partial charge in [-0.15, -0.1) is 0 Å². The Morgan fingerprint density at radius 3 is 2.58 bits per heavy atom. The Hall–Kier alpha value is -0.930. The summed E-state index contributed by atoms with van der Waals surface area (Å²) < 4.78 is 0. The third-order valence-corrected chi connectivity index (χ3v) is 8.18. The molecule has 0 aliphatic heterocycles. The van der Waals surface area contributed by atoms with Crippen molar-refractivity contribution in [2.75, 3.05) is 0 Å². The van der Waals surface area contributed by atoms with Crippen LogP contribution in [0.4, 0.5) is 0 Å². The number of hydrogen-bond donors (Lipinski definition) is 2. The molecule has 0 unspecified atom stereocenters.